The Hall–Kier alpha value is -0.530. The van der Waals surface area contributed by atoms with Gasteiger partial charge in [0.05, 0.1) is 6.61 Å². The molecule has 0 aromatic heterocycles. The minimum atomic E-state index is 0.431. The van der Waals surface area contributed by atoms with Gasteiger partial charge in [0.2, 0.25) is 0 Å². The first-order valence-corrected chi connectivity index (χ1v) is 1.47. The molecule has 0 saturated heterocycles. The molecule has 0 aliphatic heterocycles. The van der Waals surface area contributed by atoms with E-state index in [1.165, 1.54) is 0 Å². The van der Waals surface area contributed by atoms with Gasteiger partial charge in [-0.25, -0.2) is 0 Å². The van der Waals surface area contributed by atoms with Gasteiger partial charge in [-0.15, -0.1) is 0 Å². The van der Waals surface area contributed by atoms with E-state index in [2.05, 4.69) is 4.74 Å². The third-order valence-electron chi connectivity index (χ3n) is 0.235. The molecule has 0 rings (SSSR count). The number of carbonyl (C=O) groups excluding carboxylic acids is 1. The van der Waals surface area contributed by atoms with Crippen LogP contribution in [0.1, 0.15) is 6.92 Å². The SMILES string of the molecule is CCO[13CH]=O. The first kappa shape index (κ1) is 4.47. The molecule has 0 N–H and O–H groups in total. The predicted octanol–water partition coefficient (Wildman–Crippen LogP) is 0.179. The Morgan fingerprint density at radius 2 is 2.60 bits per heavy atom. The van der Waals surface area contributed by atoms with E-state index in [1.807, 2.05) is 0 Å². The predicted molar refractivity (Wildman–Crippen MR) is 17.7 cm³/mol. The molecule has 0 unspecified atom stereocenters. The lowest BCUT2D eigenvalue weighted by Gasteiger charge is -1.79. The van der Waals surface area contributed by atoms with Crippen LogP contribution < -0.4 is 0 Å². The summed E-state index contributed by atoms with van der Waals surface area (Å²) in [5.74, 6) is 0. The zero-order chi connectivity index (χ0) is 4.12. The van der Waals surface area contributed by atoms with Gasteiger partial charge in [-0.2, -0.15) is 0 Å². The fourth-order valence-corrected chi connectivity index (χ4v) is 0.0680. The molecule has 0 aromatic carbocycles. The summed E-state index contributed by atoms with van der Waals surface area (Å²) in [5.41, 5.74) is 0. The molecule has 0 aliphatic carbocycles. The number of hydrogen-bond acceptors (Lipinski definition) is 2. The summed E-state index contributed by atoms with van der Waals surface area (Å²) >= 11 is 0. The molecule has 0 bridgehead atoms. The zero-order valence-electron chi connectivity index (χ0n) is 3.10. The van der Waals surface area contributed by atoms with Crippen molar-refractivity contribution in [1.82, 2.24) is 0 Å². The molecule has 30 valence electrons. The quantitative estimate of drug-likeness (QED) is 0.345. The van der Waals surface area contributed by atoms with Crippen molar-refractivity contribution in [2.24, 2.45) is 0 Å². The van der Waals surface area contributed by atoms with Crippen molar-refractivity contribution in [2.75, 3.05) is 6.61 Å². The molecular formula is C3H6O2. The number of carbonyl (C=O) groups is 1. The molecular weight excluding hydrogens is 69.0 g/mol. The molecule has 0 heterocycles. The second-order valence-corrected chi connectivity index (χ2v) is 0.552. The second kappa shape index (κ2) is 3.47. The summed E-state index contributed by atoms with van der Waals surface area (Å²) in [7, 11) is 0. The largest absolute Gasteiger partial charge is 0.468 e. The Bertz CT molecular complexity index is 26.1. The van der Waals surface area contributed by atoms with Crippen LogP contribution in [-0.4, -0.2) is 13.1 Å². The lowest BCUT2D eigenvalue weighted by atomic mass is 10.9. The molecule has 0 aliphatic rings. The van der Waals surface area contributed by atoms with E-state index in [4.69, 9.17) is 0 Å². The number of ether oxygens (including phenoxy) is 1. The molecule has 2 nitrogen and oxygen atoms in total. The molecule has 0 saturated carbocycles. The molecule has 0 atom stereocenters. The molecule has 0 amide bonds. The van der Waals surface area contributed by atoms with E-state index >= 15 is 0 Å². The molecule has 0 aromatic rings. The van der Waals surface area contributed by atoms with Gasteiger partial charge in [0.15, 0.2) is 0 Å². The Balaban J connectivity index is 2.40. The smallest absolute Gasteiger partial charge is 0.293 e. The highest BCUT2D eigenvalue weighted by molar-refractivity contribution is 5.36. The van der Waals surface area contributed by atoms with E-state index < -0.39 is 0 Å². The van der Waals surface area contributed by atoms with E-state index in [0.717, 1.165) is 0 Å². The van der Waals surface area contributed by atoms with E-state index in [-0.39, 0.29) is 0 Å². The number of hydrogen-bond donors (Lipinski definition) is 0. The first-order valence-electron chi connectivity index (χ1n) is 1.47. The lowest BCUT2D eigenvalue weighted by molar-refractivity contribution is -0.128. The van der Waals surface area contributed by atoms with Gasteiger partial charge in [0.25, 0.3) is 6.47 Å². The first-order chi connectivity index (χ1) is 2.41. The molecule has 0 radical (unpaired) electrons. The minimum absolute atomic E-state index is 0.431. The summed E-state index contributed by atoms with van der Waals surface area (Å²) in [6.07, 6.45) is 0. The summed E-state index contributed by atoms with van der Waals surface area (Å²) in [6, 6.07) is 0. The van der Waals surface area contributed by atoms with Crippen molar-refractivity contribution in [1.29, 1.82) is 0 Å². The van der Waals surface area contributed by atoms with Crippen molar-refractivity contribution in [3.8, 4) is 0 Å². The van der Waals surface area contributed by atoms with Crippen molar-refractivity contribution in [3.63, 3.8) is 0 Å². The van der Waals surface area contributed by atoms with Crippen LogP contribution in [0, 0.1) is 0 Å². The van der Waals surface area contributed by atoms with Crippen LogP contribution in [0.15, 0.2) is 0 Å². The molecule has 0 spiro atoms. The summed E-state index contributed by atoms with van der Waals surface area (Å²) in [6.45, 7) is 2.66. The Morgan fingerprint density at radius 1 is 2.00 bits per heavy atom. The second-order valence-electron chi connectivity index (χ2n) is 0.552. The fraction of sp³-hybridized carbons (Fsp3) is 0.667. The summed E-state index contributed by atoms with van der Waals surface area (Å²) in [4.78, 5) is 9.18. The Labute approximate surface area is 30.7 Å². The third kappa shape index (κ3) is 3.47. The van der Waals surface area contributed by atoms with Crippen LogP contribution in [0.2, 0.25) is 0 Å². The van der Waals surface area contributed by atoms with Gasteiger partial charge in [-0.1, -0.05) is 0 Å². The van der Waals surface area contributed by atoms with Gasteiger partial charge >= 0.3 is 0 Å². The highest BCUT2D eigenvalue weighted by Gasteiger charge is 1.60. The van der Waals surface area contributed by atoms with Crippen molar-refractivity contribution >= 4 is 6.47 Å². The van der Waals surface area contributed by atoms with Gasteiger partial charge in [-0.3, -0.25) is 4.79 Å². The summed E-state index contributed by atoms with van der Waals surface area (Å²) in [5, 5.41) is 0. The maximum atomic E-state index is 9.18. The van der Waals surface area contributed by atoms with Crippen LogP contribution in [0.25, 0.3) is 0 Å². The van der Waals surface area contributed by atoms with Gasteiger partial charge < -0.3 is 4.74 Å². The van der Waals surface area contributed by atoms with Crippen molar-refractivity contribution in [2.45, 2.75) is 6.92 Å². The molecule has 0 fully saturated rings. The van der Waals surface area contributed by atoms with Crippen LogP contribution >= 0.6 is 0 Å². The fourth-order valence-electron chi connectivity index (χ4n) is 0.0680. The van der Waals surface area contributed by atoms with Gasteiger partial charge in [0, 0.05) is 0 Å². The highest BCUT2D eigenvalue weighted by atomic mass is 16.6. The van der Waals surface area contributed by atoms with E-state index in [0.29, 0.717) is 13.1 Å². The standard InChI is InChI=1S/C3H6O2/c1-2-5-3-4/h3H,2H2,1H3/i3+1. The van der Waals surface area contributed by atoms with Crippen molar-refractivity contribution in [3.05, 3.63) is 0 Å². The minimum Gasteiger partial charge on any atom is -0.468 e. The maximum absolute atomic E-state index is 9.18. The topological polar surface area (TPSA) is 26.3 Å². The van der Waals surface area contributed by atoms with Crippen LogP contribution in [0.3, 0.4) is 0 Å². The summed E-state index contributed by atoms with van der Waals surface area (Å²) < 4.78 is 4.15. The maximum Gasteiger partial charge on any atom is 0.293 e. The normalized spacial score (nSPS) is 6.60. The van der Waals surface area contributed by atoms with Crippen LogP contribution in [0.5, 0.6) is 0 Å². The van der Waals surface area contributed by atoms with Gasteiger partial charge in [0.1, 0.15) is 0 Å². The van der Waals surface area contributed by atoms with E-state index in [9.17, 15) is 4.79 Å². The average molecular weight is 75.1 g/mol. The lowest BCUT2D eigenvalue weighted by Crippen LogP contribution is -1.80. The van der Waals surface area contributed by atoms with Gasteiger partial charge in [-0.05, 0) is 6.92 Å². The van der Waals surface area contributed by atoms with Crippen LogP contribution in [0.4, 0.5) is 0 Å². The monoisotopic (exact) mass is 75.0 g/mol. The Morgan fingerprint density at radius 3 is 2.60 bits per heavy atom. The van der Waals surface area contributed by atoms with Crippen LogP contribution in [-0.2, 0) is 9.53 Å². The Kier molecular flexibility index (Phi) is 3.10. The zero-order valence-corrected chi connectivity index (χ0v) is 3.10. The van der Waals surface area contributed by atoms with Crippen molar-refractivity contribution < 1.29 is 9.53 Å². The van der Waals surface area contributed by atoms with E-state index in [1.54, 1.807) is 6.92 Å². The molecule has 5 heavy (non-hydrogen) atoms. The highest BCUT2D eigenvalue weighted by Crippen LogP contribution is 1.55. The third-order valence-corrected chi connectivity index (χ3v) is 0.235. The molecule has 2 heteroatoms. The average Bonchev–Trinajstić information content (AvgIpc) is 1.41. The number of rotatable bonds is 2.